The van der Waals surface area contributed by atoms with Gasteiger partial charge in [0.05, 0.1) is 4.90 Å². The minimum absolute atomic E-state index is 0.0252. The van der Waals surface area contributed by atoms with Crippen molar-refractivity contribution in [2.75, 3.05) is 0 Å². The van der Waals surface area contributed by atoms with Gasteiger partial charge in [0.25, 0.3) is 11.1 Å². The van der Waals surface area contributed by atoms with E-state index in [1.54, 1.807) is 42.5 Å². The third kappa shape index (κ3) is 3.43. The highest BCUT2D eigenvalue weighted by Crippen LogP contribution is 2.43. The standard InChI is InChI=1S/C18H12BrNO4S2/c19-14-10-8-13(9-11-14)5-4-12-18(16(21)20-17(22)25-18)26(23,24)15-6-2-1-3-7-15/h1-3,6-11H,12H2,(H,20,21,22). The maximum absolute atomic E-state index is 13.1. The third-order valence-electron chi connectivity index (χ3n) is 3.70. The molecule has 0 saturated carbocycles. The lowest BCUT2D eigenvalue weighted by atomic mass is 10.2. The van der Waals surface area contributed by atoms with Crippen LogP contribution in [0.25, 0.3) is 0 Å². The highest BCUT2D eigenvalue weighted by atomic mass is 79.9. The first-order chi connectivity index (χ1) is 12.3. The molecule has 1 heterocycles. The first-order valence-corrected chi connectivity index (χ1v) is 10.5. The van der Waals surface area contributed by atoms with Crippen molar-refractivity contribution in [2.24, 2.45) is 0 Å². The summed E-state index contributed by atoms with van der Waals surface area (Å²) in [5.74, 6) is 4.74. The van der Waals surface area contributed by atoms with Crippen molar-refractivity contribution in [1.82, 2.24) is 5.32 Å². The van der Waals surface area contributed by atoms with Crippen LogP contribution in [0.1, 0.15) is 12.0 Å². The van der Waals surface area contributed by atoms with Crippen molar-refractivity contribution >= 4 is 48.7 Å². The molecule has 0 bridgehead atoms. The molecule has 26 heavy (non-hydrogen) atoms. The largest absolute Gasteiger partial charge is 0.287 e. The lowest BCUT2D eigenvalue weighted by Gasteiger charge is -2.21. The fourth-order valence-electron chi connectivity index (χ4n) is 2.38. The third-order valence-corrected chi connectivity index (χ3v) is 8.18. The van der Waals surface area contributed by atoms with Gasteiger partial charge in [-0.15, -0.1) is 0 Å². The molecule has 0 radical (unpaired) electrons. The van der Waals surface area contributed by atoms with Crippen LogP contribution in [0.15, 0.2) is 64.0 Å². The first kappa shape index (κ1) is 18.7. The Morgan fingerprint density at radius 2 is 1.69 bits per heavy atom. The topological polar surface area (TPSA) is 80.3 Å². The van der Waals surface area contributed by atoms with Crippen molar-refractivity contribution in [3.63, 3.8) is 0 Å². The number of amides is 2. The zero-order valence-corrected chi connectivity index (χ0v) is 16.4. The molecule has 2 aromatic carbocycles. The van der Waals surface area contributed by atoms with E-state index in [1.165, 1.54) is 12.1 Å². The maximum Gasteiger partial charge on any atom is 0.287 e. The number of thioether (sulfide) groups is 1. The summed E-state index contributed by atoms with van der Waals surface area (Å²) in [5.41, 5.74) is 0.676. The second kappa shape index (κ2) is 7.27. The van der Waals surface area contributed by atoms with Crippen LogP contribution < -0.4 is 5.32 Å². The molecule has 132 valence electrons. The normalized spacial score (nSPS) is 19.6. The molecule has 1 unspecified atom stereocenters. The van der Waals surface area contributed by atoms with Gasteiger partial charge in [0.15, 0.2) is 0 Å². The number of carbonyl (C=O) groups is 2. The molecule has 1 N–H and O–H groups in total. The lowest BCUT2D eigenvalue weighted by molar-refractivity contribution is -0.119. The number of sulfone groups is 1. The summed E-state index contributed by atoms with van der Waals surface area (Å²) in [5, 5.41) is 1.38. The minimum Gasteiger partial charge on any atom is -0.285 e. The van der Waals surface area contributed by atoms with Crippen LogP contribution in [0, 0.1) is 11.8 Å². The number of imide groups is 1. The fraction of sp³-hybridized carbons (Fsp3) is 0.111. The Kier molecular flexibility index (Phi) is 5.23. The Balaban J connectivity index is 2.00. The van der Waals surface area contributed by atoms with Gasteiger partial charge in [0, 0.05) is 16.5 Å². The van der Waals surface area contributed by atoms with Crippen molar-refractivity contribution in [3.8, 4) is 11.8 Å². The van der Waals surface area contributed by atoms with Gasteiger partial charge >= 0.3 is 0 Å². The number of nitrogens with one attached hydrogen (secondary N) is 1. The summed E-state index contributed by atoms with van der Waals surface area (Å²) >= 11 is 3.78. The number of hydrogen-bond acceptors (Lipinski definition) is 5. The Labute approximate surface area is 163 Å². The average Bonchev–Trinajstić information content (AvgIpc) is 2.92. The van der Waals surface area contributed by atoms with Gasteiger partial charge in [-0.25, -0.2) is 8.42 Å². The Hall–Kier alpha value is -2.08. The number of rotatable bonds is 3. The number of hydrogen-bond donors (Lipinski definition) is 1. The molecule has 3 rings (SSSR count). The van der Waals surface area contributed by atoms with Gasteiger partial charge in [-0.2, -0.15) is 0 Å². The summed E-state index contributed by atoms with van der Waals surface area (Å²) in [6, 6.07) is 14.7. The van der Waals surface area contributed by atoms with Gasteiger partial charge in [-0.05, 0) is 48.2 Å². The Morgan fingerprint density at radius 1 is 1.04 bits per heavy atom. The van der Waals surface area contributed by atoms with Crippen molar-refractivity contribution < 1.29 is 18.0 Å². The molecule has 1 saturated heterocycles. The maximum atomic E-state index is 13.1. The molecular formula is C18H12BrNO4S2. The highest BCUT2D eigenvalue weighted by Gasteiger charge is 2.58. The summed E-state index contributed by atoms with van der Waals surface area (Å²) in [6.45, 7) is 0. The van der Waals surface area contributed by atoms with E-state index in [2.05, 4.69) is 33.1 Å². The Bertz CT molecular complexity index is 1020. The molecule has 0 spiro atoms. The Morgan fingerprint density at radius 3 is 2.27 bits per heavy atom. The lowest BCUT2D eigenvalue weighted by Crippen LogP contribution is -2.43. The van der Waals surface area contributed by atoms with E-state index in [1.807, 2.05) is 0 Å². The molecule has 1 aliphatic heterocycles. The van der Waals surface area contributed by atoms with E-state index < -0.39 is 25.1 Å². The number of carbonyl (C=O) groups excluding carboxylic acids is 2. The number of halogens is 1. The van der Waals surface area contributed by atoms with Crippen LogP contribution >= 0.6 is 27.7 Å². The fourth-order valence-corrected chi connectivity index (χ4v) is 5.79. The van der Waals surface area contributed by atoms with E-state index >= 15 is 0 Å². The molecule has 2 amide bonds. The molecule has 1 atom stereocenters. The van der Waals surface area contributed by atoms with E-state index in [-0.39, 0.29) is 11.3 Å². The van der Waals surface area contributed by atoms with Crippen LogP contribution in [0.3, 0.4) is 0 Å². The van der Waals surface area contributed by atoms with Gasteiger partial charge in [-0.3, -0.25) is 14.9 Å². The molecule has 5 nitrogen and oxygen atoms in total. The molecule has 8 heteroatoms. The van der Waals surface area contributed by atoms with E-state index in [9.17, 15) is 18.0 Å². The van der Waals surface area contributed by atoms with Crippen LogP contribution in [-0.2, 0) is 14.6 Å². The van der Waals surface area contributed by atoms with E-state index in [4.69, 9.17) is 0 Å². The quantitative estimate of drug-likeness (QED) is 0.726. The second-order valence-corrected chi connectivity index (χ2v) is 10.0. The summed E-state index contributed by atoms with van der Waals surface area (Å²) in [4.78, 5) is 24.1. The van der Waals surface area contributed by atoms with Gasteiger partial charge in [0.1, 0.15) is 0 Å². The summed E-state index contributed by atoms with van der Waals surface area (Å²) in [6.07, 6.45) is -0.303. The first-order valence-electron chi connectivity index (χ1n) is 7.44. The zero-order valence-electron chi connectivity index (χ0n) is 13.2. The van der Waals surface area contributed by atoms with Gasteiger partial charge in [-0.1, -0.05) is 46.0 Å². The average molecular weight is 450 g/mol. The minimum atomic E-state index is -4.12. The van der Waals surface area contributed by atoms with Crippen molar-refractivity contribution in [1.29, 1.82) is 0 Å². The molecule has 1 fully saturated rings. The van der Waals surface area contributed by atoms with Crippen LogP contribution in [0.4, 0.5) is 4.79 Å². The summed E-state index contributed by atoms with van der Waals surface area (Å²) in [7, 11) is -4.12. The smallest absolute Gasteiger partial charge is 0.285 e. The van der Waals surface area contributed by atoms with Gasteiger partial charge < -0.3 is 0 Å². The predicted octanol–water partition coefficient (Wildman–Crippen LogP) is 3.34. The van der Waals surface area contributed by atoms with Crippen LogP contribution in [-0.4, -0.2) is 23.6 Å². The van der Waals surface area contributed by atoms with E-state index in [0.717, 1.165) is 4.47 Å². The zero-order chi connectivity index (χ0) is 18.8. The molecule has 2 aromatic rings. The van der Waals surface area contributed by atoms with Crippen LogP contribution in [0.2, 0.25) is 0 Å². The number of benzene rings is 2. The predicted molar refractivity (Wildman–Crippen MR) is 103 cm³/mol. The SMILES string of the molecule is O=C1NC(=O)C(CC#Cc2ccc(Br)cc2)(S(=O)(=O)c2ccccc2)S1. The highest BCUT2D eigenvalue weighted by molar-refractivity contribution is 9.10. The van der Waals surface area contributed by atoms with E-state index in [0.29, 0.717) is 17.3 Å². The van der Waals surface area contributed by atoms with Gasteiger partial charge in [0.2, 0.25) is 13.9 Å². The molecule has 0 aliphatic carbocycles. The second-order valence-electron chi connectivity index (χ2n) is 5.40. The molecule has 0 aromatic heterocycles. The monoisotopic (exact) mass is 449 g/mol. The van der Waals surface area contributed by atoms with Crippen molar-refractivity contribution in [2.45, 2.75) is 15.4 Å². The van der Waals surface area contributed by atoms with Crippen molar-refractivity contribution in [3.05, 3.63) is 64.6 Å². The summed E-state index contributed by atoms with van der Waals surface area (Å²) < 4.78 is 25.1. The van der Waals surface area contributed by atoms with Crippen LogP contribution in [0.5, 0.6) is 0 Å². The molecular weight excluding hydrogens is 438 g/mol. The molecule has 1 aliphatic rings.